The van der Waals surface area contributed by atoms with Crippen LogP contribution in [0.5, 0.6) is 0 Å². The average Bonchev–Trinajstić information content (AvgIpc) is 2.88. The summed E-state index contributed by atoms with van der Waals surface area (Å²) < 4.78 is 0. The van der Waals surface area contributed by atoms with Gasteiger partial charge in [-0.15, -0.1) is 11.3 Å². The molecule has 20 heavy (non-hydrogen) atoms. The van der Waals surface area contributed by atoms with Crippen LogP contribution in [-0.2, 0) is 11.2 Å². The second-order valence-electron chi connectivity index (χ2n) is 5.03. The fourth-order valence-corrected chi connectivity index (χ4v) is 3.19. The molecular formula is C13H19N3O3S. The van der Waals surface area contributed by atoms with Crippen LogP contribution in [0.3, 0.4) is 0 Å². The molecule has 1 aliphatic rings. The molecule has 1 heterocycles. The molecule has 7 heteroatoms. The molecule has 4 N–H and O–H groups in total. The average molecular weight is 297 g/mol. The number of thiazole rings is 1. The first-order valence-corrected chi connectivity index (χ1v) is 7.66. The maximum absolute atomic E-state index is 12.0. The normalized spacial score (nSPS) is 22.4. The summed E-state index contributed by atoms with van der Waals surface area (Å²) >= 11 is 1.44. The molecule has 0 aliphatic heterocycles. The molecule has 0 radical (unpaired) electrons. The van der Waals surface area contributed by atoms with Gasteiger partial charge in [0.05, 0.1) is 10.9 Å². The van der Waals surface area contributed by atoms with E-state index >= 15 is 0 Å². The van der Waals surface area contributed by atoms with E-state index in [-0.39, 0.29) is 17.9 Å². The first-order valence-electron chi connectivity index (χ1n) is 6.78. The van der Waals surface area contributed by atoms with Crippen LogP contribution in [0.4, 0.5) is 0 Å². The van der Waals surface area contributed by atoms with Gasteiger partial charge < -0.3 is 16.2 Å². The topological polar surface area (TPSA) is 105 Å². The Morgan fingerprint density at radius 1 is 1.40 bits per heavy atom. The van der Waals surface area contributed by atoms with Crippen LogP contribution in [0.15, 0.2) is 5.38 Å². The number of nitrogens with two attached hydrogens (primary N) is 1. The van der Waals surface area contributed by atoms with E-state index in [2.05, 4.69) is 10.3 Å². The number of nitrogens with one attached hydrogen (secondary N) is 1. The molecular weight excluding hydrogens is 278 g/mol. The first-order chi connectivity index (χ1) is 9.60. The molecule has 1 aromatic rings. The number of rotatable bonds is 5. The third-order valence-electron chi connectivity index (χ3n) is 3.55. The quantitative estimate of drug-likeness (QED) is 0.752. The van der Waals surface area contributed by atoms with Crippen molar-refractivity contribution in [2.75, 3.05) is 6.54 Å². The molecule has 0 spiro atoms. The standard InChI is InChI=1S/C13H19N3O3S/c14-6-5-11-16-10(7-20-11)12(17)15-9-3-1-8(2-4-9)13(18)19/h7-9H,1-6,14H2,(H,15,17)(H,18,19). The van der Waals surface area contributed by atoms with Crippen LogP contribution < -0.4 is 11.1 Å². The third-order valence-corrected chi connectivity index (χ3v) is 4.46. The number of aromatic nitrogens is 1. The van der Waals surface area contributed by atoms with Crippen molar-refractivity contribution in [3.05, 3.63) is 16.1 Å². The maximum atomic E-state index is 12.0. The molecule has 1 aromatic heterocycles. The van der Waals surface area contributed by atoms with Gasteiger partial charge in [0.2, 0.25) is 0 Å². The minimum Gasteiger partial charge on any atom is -0.481 e. The summed E-state index contributed by atoms with van der Waals surface area (Å²) in [5.74, 6) is -1.18. The predicted molar refractivity (Wildman–Crippen MR) is 75.7 cm³/mol. The fourth-order valence-electron chi connectivity index (χ4n) is 2.40. The van der Waals surface area contributed by atoms with Crippen LogP contribution in [0.2, 0.25) is 0 Å². The third kappa shape index (κ3) is 3.77. The highest BCUT2D eigenvalue weighted by atomic mass is 32.1. The van der Waals surface area contributed by atoms with Gasteiger partial charge in [-0.1, -0.05) is 0 Å². The van der Waals surface area contributed by atoms with Gasteiger partial charge in [-0.3, -0.25) is 9.59 Å². The Morgan fingerprint density at radius 3 is 2.70 bits per heavy atom. The molecule has 0 unspecified atom stereocenters. The summed E-state index contributed by atoms with van der Waals surface area (Å²) in [6.07, 6.45) is 3.35. The molecule has 1 saturated carbocycles. The van der Waals surface area contributed by atoms with Crippen molar-refractivity contribution in [1.29, 1.82) is 0 Å². The molecule has 0 saturated heterocycles. The number of nitrogens with zero attached hydrogens (tertiary/aromatic N) is 1. The fraction of sp³-hybridized carbons (Fsp3) is 0.615. The Balaban J connectivity index is 1.84. The lowest BCUT2D eigenvalue weighted by atomic mass is 9.86. The van der Waals surface area contributed by atoms with E-state index in [0.29, 0.717) is 44.3 Å². The van der Waals surface area contributed by atoms with Crippen LogP contribution in [0, 0.1) is 5.92 Å². The van der Waals surface area contributed by atoms with Crippen LogP contribution in [0.25, 0.3) is 0 Å². The van der Waals surface area contributed by atoms with Crippen molar-refractivity contribution in [3.63, 3.8) is 0 Å². The minimum absolute atomic E-state index is 0.0535. The molecule has 110 valence electrons. The van der Waals surface area contributed by atoms with Crippen molar-refractivity contribution >= 4 is 23.2 Å². The van der Waals surface area contributed by atoms with Crippen LogP contribution in [0.1, 0.15) is 41.2 Å². The van der Waals surface area contributed by atoms with E-state index in [9.17, 15) is 9.59 Å². The van der Waals surface area contributed by atoms with E-state index in [0.717, 1.165) is 5.01 Å². The highest BCUT2D eigenvalue weighted by molar-refractivity contribution is 7.09. The lowest BCUT2D eigenvalue weighted by Gasteiger charge is -2.26. The molecule has 6 nitrogen and oxygen atoms in total. The van der Waals surface area contributed by atoms with Gasteiger partial charge in [-0.05, 0) is 32.2 Å². The summed E-state index contributed by atoms with van der Waals surface area (Å²) in [7, 11) is 0. The summed E-state index contributed by atoms with van der Waals surface area (Å²) in [5.41, 5.74) is 5.88. The summed E-state index contributed by atoms with van der Waals surface area (Å²) in [6.45, 7) is 0.522. The zero-order valence-electron chi connectivity index (χ0n) is 11.2. The number of carbonyl (C=O) groups is 2. The van der Waals surface area contributed by atoms with Crippen molar-refractivity contribution < 1.29 is 14.7 Å². The van der Waals surface area contributed by atoms with E-state index in [1.54, 1.807) is 5.38 Å². The zero-order valence-corrected chi connectivity index (χ0v) is 12.0. The molecule has 1 aliphatic carbocycles. The Kier molecular flexibility index (Phi) is 5.08. The van der Waals surface area contributed by atoms with Gasteiger partial charge >= 0.3 is 5.97 Å². The molecule has 0 aromatic carbocycles. The molecule has 0 bridgehead atoms. The van der Waals surface area contributed by atoms with E-state index < -0.39 is 5.97 Å². The molecule has 1 fully saturated rings. The van der Waals surface area contributed by atoms with Gasteiger partial charge in [-0.2, -0.15) is 0 Å². The van der Waals surface area contributed by atoms with E-state index in [4.69, 9.17) is 10.8 Å². The number of aliphatic carboxylic acids is 1. The Hall–Kier alpha value is -1.47. The number of hydrogen-bond acceptors (Lipinski definition) is 5. The Bertz CT molecular complexity index is 481. The van der Waals surface area contributed by atoms with Crippen molar-refractivity contribution in [1.82, 2.24) is 10.3 Å². The van der Waals surface area contributed by atoms with Gasteiger partial charge in [0.15, 0.2) is 0 Å². The van der Waals surface area contributed by atoms with Gasteiger partial charge in [0.1, 0.15) is 5.69 Å². The van der Waals surface area contributed by atoms with Crippen molar-refractivity contribution in [2.24, 2.45) is 11.7 Å². The molecule has 2 rings (SSSR count). The predicted octanol–water partition coefficient (Wildman–Crippen LogP) is 1.02. The van der Waals surface area contributed by atoms with Crippen LogP contribution >= 0.6 is 11.3 Å². The van der Waals surface area contributed by atoms with Crippen molar-refractivity contribution in [2.45, 2.75) is 38.1 Å². The van der Waals surface area contributed by atoms with Crippen molar-refractivity contribution in [3.8, 4) is 0 Å². The second-order valence-corrected chi connectivity index (χ2v) is 5.97. The van der Waals surface area contributed by atoms with Gasteiger partial charge in [0, 0.05) is 17.8 Å². The van der Waals surface area contributed by atoms with E-state index in [1.807, 2.05) is 0 Å². The largest absolute Gasteiger partial charge is 0.481 e. The monoisotopic (exact) mass is 297 g/mol. The van der Waals surface area contributed by atoms with Gasteiger partial charge in [-0.25, -0.2) is 4.98 Å². The number of carboxylic acid groups (broad SMARTS) is 1. The van der Waals surface area contributed by atoms with E-state index in [1.165, 1.54) is 11.3 Å². The summed E-state index contributed by atoms with van der Waals surface area (Å²) in [6, 6.07) is 0.0535. The number of hydrogen-bond donors (Lipinski definition) is 3. The highest BCUT2D eigenvalue weighted by Gasteiger charge is 2.27. The second kappa shape index (κ2) is 6.81. The summed E-state index contributed by atoms with van der Waals surface area (Å²) in [4.78, 5) is 27.1. The minimum atomic E-state index is -0.735. The molecule has 1 amide bonds. The van der Waals surface area contributed by atoms with Gasteiger partial charge in [0.25, 0.3) is 5.91 Å². The Morgan fingerprint density at radius 2 is 2.10 bits per heavy atom. The lowest BCUT2D eigenvalue weighted by molar-refractivity contribution is -0.142. The molecule has 0 atom stereocenters. The number of carboxylic acids is 1. The Labute approximate surface area is 121 Å². The highest BCUT2D eigenvalue weighted by Crippen LogP contribution is 2.24. The number of carbonyl (C=O) groups excluding carboxylic acids is 1. The summed E-state index contributed by atoms with van der Waals surface area (Å²) in [5, 5.41) is 14.5. The smallest absolute Gasteiger partial charge is 0.306 e. The lowest BCUT2D eigenvalue weighted by Crippen LogP contribution is -2.38. The van der Waals surface area contributed by atoms with Crippen LogP contribution in [-0.4, -0.2) is 34.6 Å². The zero-order chi connectivity index (χ0) is 14.5. The maximum Gasteiger partial charge on any atom is 0.306 e. The first kappa shape index (κ1) is 14.9. The number of amides is 1. The SMILES string of the molecule is NCCc1nc(C(=O)NC2CCC(C(=O)O)CC2)cs1.